The molecule has 2 aliphatic rings. The molecule has 0 aromatic heterocycles. The van der Waals surface area contributed by atoms with Gasteiger partial charge in [-0.3, -0.25) is 4.90 Å². The standard InChI is InChI=1S/C24H30N4O2S/c1-29-21-11-7-19(8-12-21)25-23(26-15-3-4-16-26)28(24(31)27-17-5-6-18-27)20-9-13-22(30-2)14-10-20/h7-14H,3-6,15-18H2,1-2H3. The average molecular weight is 439 g/mol. The van der Waals surface area contributed by atoms with Crippen LogP contribution in [0, 0.1) is 0 Å². The predicted molar refractivity (Wildman–Crippen MR) is 130 cm³/mol. The minimum absolute atomic E-state index is 0.807. The van der Waals surface area contributed by atoms with Crippen LogP contribution in [0.25, 0.3) is 0 Å². The molecule has 6 nitrogen and oxygen atoms in total. The van der Waals surface area contributed by atoms with Crippen molar-refractivity contribution in [3.05, 3.63) is 48.5 Å². The Kier molecular flexibility index (Phi) is 6.92. The van der Waals surface area contributed by atoms with E-state index in [9.17, 15) is 0 Å². The van der Waals surface area contributed by atoms with Gasteiger partial charge in [0.2, 0.25) is 5.96 Å². The summed E-state index contributed by atoms with van der Waals surface area (Å²) in [6, 6.07) is 15.9. The maximum absolute atomic E-state index is 6.04. The molecule has 0 unspecified atom stereocenters. The molecule has 2 fully saturated rings. The van der Waals surface area contributed by atoms with Crippen LogP contribution >= 0.6 is 12.2 Å². The van der Waals surface area contributed by atoms with E-state index in [1.165, 1.54) is 12.8 Å². The number of aliphatic imine (C=N–C) groups is 1. The lowest BCUT2D eigenvalue weighted by Crippen LogP contribution is -2.51. The van der Waals surface area contributed by atoms with Crippen LogP contribution in [0.1, 0.15) is 25.7 Å². The maximum Gasteiger partial charge on any atom is 0.212 e. The molecule has 2 saturated heterocycles. The second-order valence-corrected chi connectivity index (χ2v) is 8.18. The molecule has 164 valence electrons. The molecule has 4 rings (SSSR count). The number of nitrogens with zero attached hydrogens (tertiary/aromatic N) is 4. The molecule has 0 bridgehead atoms. The third kappa shape index (κ3) is 4.93. The van der Waals surface area contributed by atoms with Crippen molar-refractivity contribution in [3.63, 3.8) is 0 Å². The number of guanidine groups is 1. The molecule has 0 radical (unpaired) electrons. The zero-order valence-electron chi connectivity index (χ0n) is 18.3. The molecule has 2 heterocycles. The fourth-order valence-corrected chi connectivity index (χ4v) is 4.41. The number of rotatable bonds is 4. The smallest absolute Gasteiger partial charge is 0.212 e. The van der Waals surface area contributed by atoms with Gasteiger partial charge in [0.1, 0.15) is 11.5 Å². The van der Waals surface area contributed by atoms with Crippen LogP contribution in [0.4, 0.5) is 11.4 Å². The highest BCUT2D eigenvalue weighted by Crippen LogP contribution is 2.27. The monoisotopic (exact) mass is 438 g/mol. The Bertz CT molecular complexity index is 902. The van der Waals surface area contributed by atoms with Gasteiger partial charge in [0.15, 0.2) is 5.11 Å². The second kappa shape index (κ2) is 10.0. The van der Waals surface area contributed by atoms with Crippen molar-refractivity contribution in [3.8, 4) is 11.5 Å². The normalized spacial score (nSPS) is 16.5. The van der Waals surface area contributed by atoms with Crippen molar-refractivity contribution in [1.82, 2.24) is 9.80 Å². The Labute approximate surface area is 190 Å². The van der Waals surface area contributed by atoms with Crippen molar-refractivity contribution in [2.75, 3.05) is 45.3 Å². The minimum Gasteiger partial charge on any atom is -0.497 e. The van der Waals surface area contributed by atoms with Crippen LogP contribution in [-0.2, 0) is 0 Å². The van der Waals surface area contributed by atoms with E-state index in [4.69, 9.17) is 26.7 Å². The Balaban J connectivity index is 1.77. The number of methoxy groups -OCH3 is 2. The molecular formula is C24H30N4O2S. The molecule has 0 saturated carbocycles. The third-order valence-corrected chi connectivity index (χ3v) is 6.23. The number of hydrogen-bond donors (Lipinski definition) is 0. The van der Waals surface area contributed by atoms with Crippen LogP contribution in [0.3, 0.4) is 0 Å². The van der Waals surface area contributed by atoms with E-state index in [0.29, 0.717) is 0 Å². The van der Waals surface area contributed by atoms with E-state index in [0.717, 1.165) is 73.0 Å². The summed E-state index contributed by atoms with van der Waals surface area (Å²) in [5, 5.41) is 0.807. The van der Waals surface area contributed by atoms with Crippen LogP contribution in [0.15, 0.2) is 53.5 Å². The first-order chi connectivity index (χ1) is 15.2. The summed E-state index contributed by atoms with van der Waals surface area (Å²) in [5.41, 5.74) is 1.88. The molecule has 0 amide bonds. The maximum atomic E-state index is 6.04. The lowest BCUT2D eigenvalue weighted by atomic mass is 10.2. The number of hydrogen-bond acceptors (Lipinski definition) is 4. The largest absolute Gasteiger partial charge is 0.497 e. The summed E-state index contributed by atoms with van der Waals surface area (Å²) in [6.45, 7) is 3.93. The van der Waals surface area contributed by atoms with Gasteiger partial charge in [0.05, 0.1) is 25.6 Å². The van der Waals surface area contributed by atoms with Crippen molar-refractivity contribution in [1.29, 1.82) is 0 Å². The highest BCUT2D eigenvalue weighted by Gasteiger charge is 2.30. The predicted octanol–water partition coefficient (Wildman–Crippen LogP) is 4.67. The molecule has 7 heteroatoms. The summed E-state index contributed by atoms with van der Waals surface area (Å²) in [6.07, 6.45) is 4.67. The number of anilines is 1. The molecule has 0 atom stereocenters. The van der Waals surface area contributed by atoms with Gasteiger partial charge >= 0.3 is 0 Å². The molecule has 31 heavy (non-hydrogen) atoms. The van der Waals surface area contributed by atoms with Gasteiger partial charge in [-0.05, 0) is 86.4 Å². The SMILES string of the molecule is COc1ccc(N=C(N2CCCC2)N(C(=S)N2CCCC2)c2ccc(OC)cc2)cc1. The van der Waals surface area contributed by atoms with Gasteiger partial charge in [-0.1, -0.05) is 0 Å². The summed E-state index contributed by atoms with van der Waals surface area (Å²) < 4.78 is 10.7. The van der Waals surface area contributed by atoms with E-state index in [-0.39, 0.29) is 0 Å². The fourth-order valence-electron chi connectivity index (χ4n) is 4.04. The minimum atomic E-state index is 0.807. The van der Waals surface area contributed by atoms with Crippen LogP contribution in [0.5, 0.6) is 11.5 Å². The molecule has 2 aromatic rings. The first-order valence-corrected chi connectivity index (χ1v) is 11.3. The number of benzene rings is 2. The van der Waals surface area contributed by atoms with Crippen LogP contribution in [-0.4, -0.2) is 61.3 Å². The first kappa shape index (κ1) is 21.4. The van der Waals surface area contributed by atoms with Gasteiger partial charge in [-0.2, -0.15) is 0 Å². The second-order valence-electron chi connectivity index (χ2n) is 7.81. The Hall–Kier alpha value is -2.80. The van der Waals surface area contributed by atoms with Crippen LogP contribution < -0.4 is 14.4 Å². The molecular weight excluding hydrogens is 408 g/mol. The molecule has 2 aliphatic heterocycles. The van der Waals surface area contributed by atoms with Gasteiger partial charge in [0.25, 0.3) is 0 Å². The van der Waals surface area contributed by atoms with E-state index in [2.05, 4.69) is 26.8 Å². The number of likely N-dealkylation sites (tertiary alicyclic amines) is 2. The van der Waals surface area contributed by atoms with Crippen molar-refractivity contribution in [2.24, 2.45) is 4.99 Å². The summed E-state index contributed by atoms with van der Waals surface area (Å²) in [5.74, 6) is 2.52. The fraction of sp³-hybridized carbons (Fsp3) is 0.417. The number of thiocarbonyl (C=S) groups is 1. The van der Waals surface area contributed by atoms with Crippen LogP contribution in [0.2, 0.25) is 0 Å². The number of ether oxygens (including phenoxy) is 2. The molecule has 0 spiro atoms. The molecule has 2 aromatic carbocycles. The Morgan fingerprint density at radius 1 is 0.774 bits per heavy atom. The summed E-state index contributed by atoms with van der Waals surface area (Å²) in [4.78, 5) is 11.9. The van der Waals surface area contributed by atoms with E-state index in [1.54, 1.807) is 14.2 Å². The highest BCUT2D eigenvalue weighted by atomic mass is 32.1. The lowest BCUT2D eigenvalue weighted by molar-refractivity contribution is 0.415. The zero-order valence-corrected chi connectivity index (χ0v) is 19.1. The highest BCUT2D eigenvalue weighted by molar-refractivity contribution is 7.80. The van der Waals surface area contributed by atoms with Gasteiger partial charge in [-0.25, -0.2) is 4.99 Å². The quantitative estimate of drug-likeness (QED) is 0.392. The van der Waals surface area contributed by atoms with Crippen molar-refractivity contribution >= 4 is 34.7 Å². The lowest BCUT2D eigenvalue weighted by Gasteiger charge is -2.35. The van der Waals surface area contributed by atoms with E-state index in [1.807, 2.05) is 36.4 Å². The third-order valence-electron chi connectivity index (χ3n) is 5.79. The molecule has 0 N–H and O–H groups in total. The van der Waals surface area contributed by atoms with Crippen molar-refractivity contribution in [2.45, 2.75) is 25.7 Å². The van der Waals surface area contributed by atoms with E-state index >= 15 is 0 Å². The average Bonchev–Trinajstić information content (AvgIpc) is 3.54. The Morgan fingerprint density at radius 3 is 1.77 bits per heavy atom. The first-order valence-electron chi connectivity index (χ1n) is 10.9. The van der Waals surface area contributed by atoms with Gasteiger partial charge in [0, 0.05) is 26.2 Å². The van der Waals surface area contributed by atoms with E-state index < -0.39 is 0 Å². The molecule has 0 aliphatic carbocycles. The summed E-state index contributed by atoms with van der Waals surface area (Å²) >= 11 is 6.04. The van der Waals surface area contributed by atoms with Gasteiger partial charge in [-0.15, -0.1) is 0 Å². The summed E-state index contributed by atoms with van der Waals surface area (Å²) in [7, 11) is 3.36. The zero-order chi connectivity index (χ0) is 21.6. The topological polar surface area (TPSA) is 40.5 Å². The Morgan fingerprint density at radius 2 is 1.26 bits per heavy atom. The van der Waals surface area contributed by atoms with Crippen molar-refractivity contribution < 1.29 is 9.47 Å². The van der Waals surface area contributed by atoms with Gasteiger partial charge < -0.3 is 19.3 Å².